The second-order valence-electron chi connectivity index (χ2n) is 7.96. The van der Waals surface area contributed by atoms with E-state index >= 15 is 0 Å². The number of urea groups is 1. The van der Waals surface area contributed by atoms with E-state index < -0.39 is 17.8 Å². The summed E-state index contributed by atoms with van der Waals surface area (Å²) in [5.41, 5.74) is 1.70. The van der Waals surface area contributed by atoms with Crippen LogP contribution in [0.15, 0.2) is 76.7 Å². The van der Waals surface area contributed by atoms with Crippen molar-refractivity contribution >= 4 is 29.9 Å². The lowest BCUT2D eigenvalue weighted by molar-refractivity contribution is -0.130. The van der Waals surface area contributed by atoms with Crippen LogP contribution in [0.1, 0.15) is 41.4 Å². The van der Waals surface area contributed by atoms with Gasteiger partial charge in [0, 0.05) is 5.56 Å². The van der Waals surface area contributed by atoms with E-state index in [2.05, 4.69) is 5.32 Å². The lowest BCUT2D eigenvalue weighted by Crippen LogP contribution is -2.53. The van der Waals surface area contributed by atoms with Gasteiger partial charge in [0.1, 0.15) is 17.1 Å². The molecule has 8 heteroatoms. The molecule has 4 amide bonds. The number of benzene rings is 2. The number of carbonyl (C=O) groups excluding carboxylic acids is 4. The maximum Gasteiger partial charge on any atom is 0.338 e. The highest BCUT2D eigenvalue weighted by Gasteiger charge is 2.35. The summed E-state index contributed by atoms with van der Waals surface area (Å²) >= 11 is 0. The van der Waals surface area contributed by atoms with Gasteiger partial charge in [-0.15, -0.1) is 0 Å². The zero-order chi connectivity index (χ0) is 24.8. The van der Waals surface area contributed by atoms with Gasteiger partial charge in [-0.1, -0.05) is 55.8 Å². The molecule has 0 bridgehead atoms. The number of nitrogens with zero attached hydrogens (tertiary/aromatic N) is 1. The monoisotopic (exact) mass is 472 g/mol. The predicted octanol–water partition coefficient (Wildman–Crippen LogP) is 4.57. The Morgan fingerprint density at radius 3 is 2.46 bits per heavy atom. The van der Waals surface area contributed by atoms with Gasteiger partial charge < -0.3 is 9.15 Å². The number of hydrogen-bond donors (Lipinski definition) is 1. The Bertz CT molecular complexity index is 1270. The van der Waals surface area contributed by atoms with Gasteiger partial charge in [-0.2, -0.15) is 0 Å². The highest BCUT2D eigenvalue weighted by atomic mass is 16.5. The molecule has 1 saturated heterocycles. The smallest absolute Gasteiger partial charge is 0.338 e. The van der Waals surface area contributed by atoms with E-state index in [4.69, 9.17) is 9.15 Å². The molecule has 3 aromatic rings. The second-order valence-corrected chi connectivity index (χ2v) is 7.96. The predicted molar refractivity (Wildman–Crippen MR) is 128 cm³/mol. The van der Waals surface area contributed by atoms with Crippen molar-refractivity contribution in [3.05, 3.63) is 89.2 Å². The first-order valence-corrected chi connectivity index (χ1v) is 11.3. The number of rotatable bonds is 8. The lowest BCUT2D eigenvalue weighted by Gasteiger charge is -2.26. The van der Waals surface area contributed by atoms with Crippen LogP contribution in [0.4, 0.5) is 4.79 Å². The Morgan fingerprint density at radius 2 is 1.74 bits per heavy atom. The molecule has 0 spiro atoms. The van der Waals surface area contributed by atoms with E-state index in [0.717, 1.165) is 23.3 Å². The number of esters is 1. The Morgan fingerprint density at radius 1 is 1.00 bits per heavy atom. The average Bonchev–Trinajstić information content (AvgIpc) is 3.34. The number of ether oxygens (including phenoxy) is 1. The van der Waals surface area contributed by atoms with Crippen molar-refractivity contribution in [2.45, 2.75) is 26.3 Å². The molecule has 1 N–H and O–H groups in total. The van der Waals surface area contributed by atoms with Gasteiger partial charge in [-0.3, -0.25) is 19.8 Å². The molecule has 1 aliphatic rings. The van der Waals surface area contributed by atoms with Crippen LogP contribution in [-0.2, 0) is 20.9 Å². The minimum Gasteiger partial charge on any atom is -0.462 e. The van der Waals surface area contributed by atoms with Gasteiger partial charge >= 0.3 is 12.0 Å². The maximum absolute atomic E-state index is 12.9. The summed E-state index contributed by atoms with van der Waals surface area (Å²) in [4.78, 5) is 50.6. The number of carbonyl (C=O) groups is 4. The second kappa shape index (κ2) is 10.6. The van der Waals surface area contributed by atoms with Crippen molar-refractivity contribution < 1.29 is 28.3 Å². The van der Waals surface area contributed by atoms with Crippen molar-refractivity contribution in [2.75, 3.05) is 6.61 Å². The van der Waals surface area contributed by atoms with Gasteiger partial charge in [0.15, 0.2) is 0 Å². The first-order valence-electron chi connectivity index (χ1n) is 11.3. The molecule has 1 aromatic heterocycles. The Kier molecular flexibility index (Phi) is 7.21. The van der Waals surface area contributed by atoms with Gasteiger partial charge in [0.2, 0.25) is 0 Å². The molecular formula is C27H24N2O6. The van der Waals surface area contributed by atoms with Crippen LogP contribution >= 0.6 is 0 Å². The third-order valence-corrected chi connectivity index (χ3v) is 5.42. The average molecular weight is 472 g/mol. The number of amides is 4. The number of imide groups is 2. The summed E-state index contributed by atoms with van der Waals surface area (Å²) in [7, 11) is 0. The van der Waals surface area contributed by atoms with E-state index in [1.54, 1.807) is 60.7 Å². The molecule has 8 nitrogen and oxygen atoms in total. The molecule has 0 atom stereocenters. The standard InChI is InChI=1S/C27H24N2O6/c1-2-3-15-34-26(32)20-11-9-19(10-12-20)23-14-13-21(35-23)16-22-24(30)28-27(33)29(25(22)31)17-18-7-5-4-6-8-18/h4-14,16H,2-3,15,17H2,1H3,(H,28,30,33). The van der Waals surface area contributed by atoms with E-state index in [1.165, 1.54) is 6.08 Å². The van der Waals surface area contributed by atoms with Crippen molar-refractivity contribution in [3.8, 4) is 11.3 Å². The van der Waals surface area contributed by atoms with E-state index in [1.807, 2.05) is 13.0 Å². The third kappa shape index (κ3) is 5.55. The van der Waals surface area contributed by atoms with Crippen LogP contribution in [0.3, 0.4) is 0 Å². The summed E-state index contributed by atoms with van der Waals surface area (Å²) in [6.45, 7) is 2.44. The number of unbranched alkanes of at least 4 members (excludes halogenated alkanes) is 1. The SMILES string of the molecule is CCCCOC(=O)c1ccc(-c2ccc(C=C3C(=O)NC(=O)N(Cc4ccccc4)C3=O)o2)cc1. The number of furan rings is 1. The van der Waals surface area contributed by atoms with Crippen LogP contribution in [0.25, 0.3) is 17.4 Å². The fourth-order valence-corrected chi connectivity index (χ4v) is 3.49. The summed E-state index contributed by atoms with van der Waals surface area (Å²) in [5, 5.41) is 2.20. The molecule has 1 fully saturated rings. The van der Waals surface area contributed by atoms with Crippen molar-refractivity contribution in [1.82, 2.24) is 10.2 Å². The first kappa shape index (κ1) is 23.7. The quantitative estimate of drug-likeness (QED) is 0.223. The number of hydrogen-bond acceptors (Lipinski definition) is 6. The van der Waals surface area contributed by atoms with E-state index in [9.17, 15) is 19.2 Å². The van der Waals surface area contributed by atoms with Crippen LogP contribution in [0.2, 0.25) is 0 Å². The highest BCUT2D eigenvalue weighted by molar-refractivity contribution is 6.30. The number of nitrogens with one attached hydrogen (secondary N) is 1. The molecule has 0 saturated carbocycles. The van der Waals surface area contributed by atoms with Crippen LogP contribution in [0.5, 0.6) is 0 Å². The largest absolute Gasteiger partial charge is 0.462 e. The fraction of sp³-hybridized carbons (Fsp3) is 0.185. The van der Waals surface area contributed by atoms with E-state index in [-0.39, 0.29) is 23.8 Å². The normalized spacial score (nSPS) is 14.8. The van der Waals surface area contributed by atoms with Crippen LogP contribution in [0, 0.1) is 0 Å². The van der Waals surface area contributed by atoms with Crippen molar-refractivity contribution in [3.63, 3.8) is 0 Å². The Hall–Kier alpha value is -4.46. The molecule has 178 valence electrons. The maximum atomic E-state index is 12.9. The van der Waals surface area contributed by atoms with Gasteiger partial charge in [0.05, 0.1) is 18.7 Å². The molecule has 4 rings (SSSR count). The van der Waals surface area contributed by atoms with Crippen molar-refractivity contribution in [2.24, 2.45) is 0 Å². The van der Waals surface area contributed by atoms with Gasteiger partial charge in [-0.05, 0) is 42.3 Å². The number of barbiturate groups is 1. The lowest BCUT2D eigenvalue weighted by atomic mass is 10.1. The Labute approximate surface area is 202 Å². The first-order chi connectivity index (χ1) is 17.0. The minimum atomic E-state index is -0.784. The van der Waals surface area contributed by atoms with Gasteiger partial charge in [0.25, 0.3) is 11.8 Å². The topological polar surface area (TPSA) is 106 Å². The van der Waals surface area contributed by atoms with E-state index in [0.29, 0.717) is 23.5 Å². The molecule has 2 heterocycles. The van der Waals surface area contributed by atoms with Crippen LogP contribution < -0.4 is 5.32 Å². The highest BCUT2D eigenvalue weighted by Crippen LogP contribution is 2.25. The zero-order valence-electron chi connectivity index (χ0n) is 19.2. The minimum absolute atomic E-state index is 0.0345. The van der Waals surface area contributed by atoms with Crippen LogP contribution in [-0.4, -0.2) is 35.3 Å². The fourth-order valence-electron chi connectivity index (χ4n) is 3.49. The summed E-state index contributed by atoms with van der Waals surface area (Å²) < 4.78 is 11.0. The molecule has 0 aliphatic carbocycles. The summed E-state index contributed by atoms with van der Waals surface area (Å²) in [6.07, 6.45) is 3.07. The summed E-state index contributed by atoms with van der Waals surface area (Å²) in [5.74, 6) is -1.11. The van der Waals surface area contributed by atoms with Crippen molar-refractivity contribution in [1.29, 1.82) is 0 Å². The summed E-state index contributed by atoms with van der Waals surface area (Å²) in [6, 6.07) is 18.3. The molecule has 0 unspecified atom stereocenters. The molecule has 0 radical (unpaired) electrons. The molecular weight excluding hydrogens is 448 g/mol. The van der Waals surface area contributed by atoms with Gasteiger partial charge in [-0.25, -0.2) is 9.59 Å². The third-order valence-electron chi connectivity index (χ3n) is 5.42. The Balaban J connectivity index is 1.49. The molecule has 2 aromatic carbocycles. The zero-order valence-corrected chi connectivity index (χ0v) is 19.2. The molecule has 35 heavy (non-hydrogen) atoms. The molecule has 1 aliphatic heterocycles.